The molecule has 0 radical (unpaired) electrons. The van der Waals surface area contributed by atoms with Gasteiger partial charge >= 0.3 is 5.97 Å². The van der Waals surface area contributed by atoms with Crippen molar-refractivity contribution in [2.24, 2.45) is 0 Å². The van der Waals surface area contributed by atoms with Gasteiger partial charge in [0.05, 0.1) is 41.0 Å². The SMILES string of the molecule is CCOC(=O)C1=C(C)NC(SCc2ccccc2)=C(C#N)[C@@H]1c1ccco1. The molecular formula is C21H20N2O3S. The second-order valence-corrected chi connectivity index (χ2v) is 6.95. The molecule has 1 N–H and O–H groups in total. The van der Waals surface area contributed by atoms with E-state index in [4.69, 9.17) is 9.15 Å². The molecule has 0 unspecified atom stereocenters. The topological polar surface area (TPSA) is 75.3 Å². The van der Waals surface area contributed by atoms with Crippen LogP contribution < -0.4 is 5.32 Å². The molecule has 138 valence electrons. The minimum Gasteiger partial charge on any atom is -0.468 e. The molecule has 1 aliphatic rings. The van der Waals surface area contributed by atoms with Crippen molar-refractivity contribution in [1.29, 1.82) is 5.26 Å². The van der Waals surface area contributed by atoms with Crippen LogP contribution in [0.15, 0.2) is 75.0 Å². The highest BCUT2D eigenvalue weighted by Gasteiger charge is 2.37. The van der Waals surface area contributed by atoms with E-state index in [1.165, 1.54) is 11.8 Å². The monoisotopic (exact) mass is 380 g/mol. The van der Waals surface area contributed by atoms with Gasteiger partial charge in [0.1, 0.15) is 5.76 Å². The predicted molar refractivity (Wildman–Crippen MR) is 104 cm³/mol. The standard InChI is InChI=1S/C21H20N2O3S/c1-3-25-21(24)18-14(2)23-20(27-13-15-8-5-4-6-9-15)16(12-22)19(18)17-10-7-11-26-17/h4-11,19,23H,3,13H2,1-2H3/t19-/m1/s1. The number of nitrogens with zero attached hydrogens (tertiary/aromatic N) is 1. The molecule has 0 saturated heterocycles. The van der Waals surface area contributed by atoms with E-state index >= 15 is 0 Å². The summed E-state index contributed by atoms with van der Waals surface area (Å²) in [5.74, 6) is 0.238. The van der Waals surface area contributed by atoms with Crippen LogP contribution in [0.25, 0.3) is 0 Å². The molecule has 0 fully saturated rings. The van der Waals surface area contributed by atoms with Crippen LogP contribution >= 0.6 is 11.8 Å². The molecule has 0 bridgehead atoms. The van der Waals surface area contributed by atoms with Crippen molar-refractivity contribution in [3.8, 4) is 6.07 Å². The van der Waals surface area contributed by atoms with Crippen molar-refractivity contribution >= 4 is 17.7 Å². The Kier molecular flexibility index (Phi) is 6.05. The number of benzene rings is 1. The molecule has 2 aromatic rings. The van der Waals surface area contributed by atoms with Crippen molar-refractivity contribution in [2.75, 3.05) is 6.61 Å². The number of hydrogen-bond acceptors (Lipinski definition) is 6. The van der Waals surface area contributed by atoms with Crippen molar-refractivity contribution in [3.63, 3.8) is 0 Å². The first kappa shape index (κ1) is 18.9. The Morgan fingerprint density at radius 3 is 2.70 bits per heavy atom. The highest BCUT2D eigenvalue weighted by Crippen LogP contribution is 2.41. The third-order valence-electron chi connectivity index (χ3n) is 4.20. The molecule has 3 rings (SSSR count). The quantitative estimate of drug-likeness (QED) is 0.745. The van der Waals surface area contributed by atoms with Crippen molar-refractivity contribution in [2.45, 2.75) is 25.5 Å². The third kappa shape index (κ3) is 4.09. The maximum atomic E-state index is 12.6. The summed E-state index contributed by atoms with van der Waals surface area (Å²) >= 11 is 1.53. The summed E-state index contributed by atoms with van der Waals surface area (Å²) in [6.07, 6.45) is 1.54. The number of carbonyl (C=O) groups is 1. The minimum absolute atomic E-state index is 0.266. The molecule has 0 spiro atoms. The van der Waals surface area contributed by atoms with E-state index in [1.54, 1.807) is 25.3 Å². The Balaban J connectivity index is 1.97. The summed E-state index contributed by atoms with van der Waals surface area (Å²) < 4.78 is 10.8. The molecule has 0 aliphatic carbocycles. The van der Waals surface area contributed by atoms with Crippen LogP contribution in [-0.4, -0.2) is 12.6 Å². The maximum Gasteiger partial charge on any atom is 0.336 e. The summed E-state index contributed by atoms with van der Waals surface area (Å²) in [6, 6.07) is 15.8. The average molecular weight is 380 g/mol. The van der Waals surface area contributed by atoms with Gasteiger partial charge in [-0.3, -0.25) is 0 Å². The molecule has 1 aromatic heterocycles. The lowest BCUT2D eigenvalue weighted by atomic mass is 9.86. The number of nitrogens with one attached hydrogen (secondary N) is 1. The highest BCUT2D eigenvalue weighted by atomic mass is 32.2. The fourth-order valence-corrected chi connectivity index (χ4v) is 4.02. The summed E-state index contributed by atoms with van der Waals surface area (Å²) in [7, 11) is 0. The van der Waals surface area contributed by atoms with E-state index in [9.17, 15) is 10.1 Å². The molecule has 1 aromatic carbocycles. The van der Waals surface area contributed by atoms with Gasteiger partial charge in [-0.1, -0.05) is 30.3 Å². The fraction of sp³-hybridized carbons (Fsp3) is 0.238. The Labute approximate surface area is 162 Å². The lowest BCUT2D eigenvalue weighted by Crippen LogP contribution is -2.28. The molecule has 0 amide bonds. The second kappa shape index (κ2) is 8.65. The van der Waals surface area contributed by atoms with Crippen LogP contribution in [-0.2, 0) is 15.3 Å². The van der Waals surface area contributed by atoms with Crippen LogP contribution in [0.2, 0.25) is 0 Å². The summed E-state index contributed by atoms with van der Waals surface area (Å²) in [5.41, 5.74) is 2.69. The molecular weight excluding hydrogens is 360 g/mol. The van der Waals surface area contributed by atoms with Crippen LogP contribution in [0.1, 0.15) is 31.1 Å². The van der Waals surface area contributed by atoms with Gasteiger partial charge < -0.3 is 14.5 Å². The Morgan fingerprint density at radius 1 is 1.30 bits per heavy atom. The number of esters is 1. The van der Waals surface area contributed by atoms with Crippen LogP contribution in [0.5, 0.6) is 0 Å². The third-order valence-corrected chi connectivity index (χ3v) is 5.28. The summed E-state index contributed by atoms with van der Waals surface area (Å²) in [5, 5.41) is 13.8. The van der Waals surface area contributed by atoms with Gasteiger partial charge in [0.2, 0.25) is 0 Å². The van der Waals surface area contributed by atoms with Gasteiger partial charge in [-0.05, 0) is 31.5 Å². The zero-order valence-electron chi connectivity index (χ0n) is 15.2. The molecule has 0 saturated carbocycles. The van der Waals surface area contributed by atoms with E-state index in [0.717, 1.165) is 10.6 Å². The number of ether oxygens (including phenoxy) is 1. The van der Waals surface area contributed by atoms with Crippen LogP contribution in [0.4, 0.5) is 0 Å². The van der Waals surface area contributed by atoms with Crippen molar-refractivity contribution in [3.05, 3.63) is 81.9 Å². The van der Waals surface area contributed by atoms with E-state index in [-0.39, 0.29) is 6.61 Å². The molecule has 1 atom stereocenters. The number of furan rings is 1. The Bertz CT molecular complexity index is 909. The Morgan fingerprint density at radius 2 is 2.07 bits per heavy atom. The molecule has 5 nitrogen and oxygen atoms in total. The maximum absolute atomic E-state index is 12.6. The average Bonchev–Trinajstić information content (AvgIpc) is 3.21. The number of rotatable bonds is 6. The number of nitriles is 1. The first-order chi connectivity index (χ1) is 13.2. The second-order valence-electron chi connectivity index (χ2n) is 5.96. The zero-order chi connectivity index (χ0) is 19.2. The van der Waals surface area contributed by atoms with E-state index in [2.05, 4.69) is 11.4 Å². The highest BCUT2D eigenvalue weighted by molar-refractivity contribution is 8.02. The van der Waals surface area contributed by atoms with Gasteiger partial charge in [0.15, 0.2) is 0 Å². The lowest BCUT2D eigenvalue weighted by molar-refractivity contribution is -0.138. The fourth-order valence-electron chi connectivity index (χ4n) is 2.98. The number of carbonyl (C=O) groups excluding carboxylic acids is 1. The van der Waals surface area contributed by atoms with Crippen LogP contribution in [0, 0.1) is 11.3 Å². The first-order valence-corrected chi connectivity index (χ1v) is 9.63. The van der Waals surface area contributed by atoms with Gasteiger partial charge in [-0.25, -0.2) is 4.79 Å². The number of hydrogen-bond donors (Lipinski definition) is 1. The summed E-state index contributed by atoms with van der Waals surface area (Å²) in [6.45, 7) is 3.84. The lowest BCUT2D eigenvalue weighted by Gasteiger charge is -2.27. The molecule has 1 aliphatic heterocycles. The molecule has 6 heteroatoms. The van der Waals surface area contributed by atoms with E-state index < -0.39 is 11.9 Å². The number of dihydropyridines is 1. The normalized spacial score (nSPS) is 16.7. The predicted octanol–water partition coefficient (Wildman–Crippen LogP) is 4.47. The van der Waals surface area contributed by atoms with Gasteiger partial charge in [-0.15, -0.1) is 11.8 Å². The van der Waals surface area contributed by atoms with E-state index in [1.807, 2.05) is 37.3 Å². The molecule has 27 heavy (non-hydrogen) atoms. The zero-order valence-corrected chi connectivity index (χ0v) is 16.0. The first-order valence-electron chi connectivity index (χ1n) is 8.65. The molecule has 2 heterocycles. The smallest absolute Gasteiger partial charge is 0.336 e. The largest absolute Gasteiger partial charge is 0.468 e. The Hall–Kier alpha value is -2.91. The van der Waals surface area contributed by atoms with Gasteiger partial charge in [-0.2, -0.15) is 5.26 Å². The summed E-state index contributed by atoms with van der Waals surface area (Å²) in [4.78, 5) is 12.6. The van der Waals surface area contributed by atoms with E-state index in [0.29, 0.717) is 28.4 Å². The minimum atomic E-state index is -0.580. The van der Waals surface area contributed by atoms with Crippen molar-refractivity contribution < 1.29 is 13.9 Å². The number of thioether (sulfide) groups is 1. The van der Waals surface area contributed by atoms with Crippen molar-refractivity contribution in [1.82, 2.24) is 5.32 Å². The number of allylic oxidation sites excluding steroid dienone is 2. The van der Waals surface area contributed by atoms with Gasteiger partial charge in [0.25, 0.3) is 0 Å². The van der Waals surface area contributed by atoms with Gasteiger partial charge in [0, 0.05) is 11.4 Å². The van der Waals surface area contributed by atoms with Crippen LogP contribution in [0.3, 0.4) is 0 Å².